The maximum Gasteiger partial charge on any atom is 0.293 e. The van der Waals surface area contributed by atoms with E-state index in [1.54, 1.807) is 54.6 Å². The molecule has 3 N–H and O–H groups in total. The van der Waals surface area contributed by atoms with E-state index in [2.05, 4.69) is 24.6 Å². The van der Waals surface area contributed by atoms with Crippen LogP contribution in [0.3, 0.4) is 0 Å². The summed E-state index contributed by atoms with van der Waals surface area (Å²) in [6, 6.07) is 34.2. The molecule has 0 unspecified atom stereocenters. The average molecular weight is 969 g/mol. The number of piperazine rings is 1. The normalized spacial score (nSPS) is 13.7. The van der Waals surface area contributed by atoms with Gasteiger partial charge in [-0.15, -0.1) is 11.8 Å². The molecule has 1 amide bonds. The van der Waals surface area contributed by atoms with Gasteiger partial charge < -0.3 is 24.6 Å². The van der Waals surface area contributed by atoms with E-state index in [0.29, 0.717) is 72.1 Å². The lowest BCUT2D eigenvalue weighted by atomic mass is 9.96. The minimum atomic E-state index is -4.20. The molecular formula is C48H53FN8O7S3. The number of hydrogen-bond acceptors (Lipinski definition) is 12. The van der Waals surface area contributed by atoms with Crippen LogP contribution in [0, 0.1) is 22.9 Å². The first-order chi connectivity index (χ1) is 31.9. The predicted octanol–water partition coefficient (Wildman–Crippen LogP) is 8.06. The van der Waals surface area contributed by atoms with Crippen LogP contribution in [0.2, 0.25) is 0 Å². The van der Waals surface area contributed by atoms with Crippen molar-refractivity contribution in [1.82, 2.24) is 14.2 Å². The second-order valence-electron chi connectivity index (χ2n) is 16.6. The van der Waals surface area contributed by atoms with Crippen LogP contribution in [0.25, 0.3) is 22.4 Å². The summed E-state index contributed by atoms with van der Waals surface area (Å²) in [4.78, 5) is 32.5. The summed E-state index contributed by atoms with van der Waals surface area (Å²) in [5.74, 6) is -0.535. The molecule has 67 heavy (non-hydrogen) atoms. The van der Waals surface area contributed by atoms with Gasteiger partial charge in [-0.2, -0.15) is 0 Å². The van der Waals surface area contributed by atoms with Crippen LogP contribution in [0.15, 0.2) is 131 Å². The number of thioether (sulfide) groups is 1. The number of amides is 1. The maximum absolute atomic E-state index is 14.0. The van der Waals surface area contributed by atoms with Gasteiger partial charge in [-0.3, -0.25) is 19.6 Å². The number of aromatic nitrogens is 1. The number of nitrogens with one attached hydrogen (secondary N) is 3. The molecule has 19 heteroatoms. The smallest absolute Gasteiger partial charge is 0.293 e. The van der Waals surface area contributed by atoms with Crippen molar-refractivity contribution in [3.05, 3.63) is 149 Å². The molecule has 1 saturated heterocycles. The molecule has 0 spiro atoms. The number of nitro groups is 1. The molecule has 1 aromatic heterocycles. The lowest BCUT2D eigenvalue weighted by Crippen LogP contribution is -2.46. The number of halogens is 1. The van der Waals surface area contributed by atoms with Gasteiger partial charge >= 0.3 is 0 Å². The monoisotopic (exact) mass is 968 g/mol. The van der Waals surface area contributed by atoms with Crippen LogP contribution in [-0.2, 0) is 27.1 Å². The molecule has 0 bridgehead atoms. The molecule has 1 fully saturated rings. The Morgan fingerprint density at radius 1 is 0.836 bits per heavy atom. The first-order valence-corrected chi connectivity index (χ1v) is 25.8. The first-order valence-electron chi connectivity index (χ1n) is 21.4. The van der Waals surface area contributed by atoms with Crippen LogP contribution < -0.4 is 24.6 Å². The molecule has 6 aromatic rings. The third-order valence-corrected chi connectivity index (χ3v) is 14.6. The van der Waals surface area contributed by atoms with Gasteiger partial charge in [0.15, 0.2) is 0 Å². The second-order valence-corrected chi connectivity index (χ2v) is 21.1. The molecule has 1 aliphatic heterocycles. The number of nitro benzene ring substituents is 1. The Labute approximate surface area is 395 Å². The van der Waals surface area contributed by atoms with Crippen molar-refractivity contribution >= 4 is 66.2 Å². The first kappa shape index (κ1) is 48.5. The van der Waals surface area contributed by atoms with Crippen molar-refractivity contribution in [2.75, 3.05) is 78.7 Å². The van der Waals surface area contributed by atoms with Gasteiger partial charge in [-0.25, -0.2) is 25.9 Å². The zero-order valence-electron chi connectivity index (χ0n) is 37.8. The minimum Gasteiger partial charge on any atom is -0.376 e. The standard InChI is InChI=1S/C48H53FN8O7S3/c1-33-45(48(58)52-66(5,61)62)46(47(54(33)4)34-14-16-36(49)17-15-34)35-10-9-11-40(30-35)56-28-26-55(27-29-56)39-20-18-37(19-21-39)51-67(63,64)42-22-23-43(44(31-42)57(59)60)50-38(24-25-53(2)3)32-65-41-12-7-6-8-13-41/h6-23,30-31,38,50-51H,24-29,32H2,1-5H3,(H,52,58)/t38-/m1/s1. The summed E-state index contributed by atoms with van der Waals surface area (Å²) in [6.07, 6.45) is 1.63. The second kappa shape index (κ2) is 20.6. The Kier molecular flexibility index (Phi) is 14.9. The Morgan fingerprint density at radius 3 is 2.12 bits per heavy atom. The zero-order chi connectivity index (χ0) is 48.0. The van der Waals surface area contributed by atoms with Gasteiger partial charge in [0.05, 0.1) is 27.3 Å². The van der Waals surface area contributed by atoms with Crippen LogP contribution in [0.4, 0.5) is 32.8 Å². The summed E-state index contributed by atoms with van der Waals surface area (Å²) in [6.45, 7) is 5.01. The molecule has 5 aromatic carbocycles. The number of sulfonamides is 2. The van der Waals surface area contributed by atoms with Crippen molar-refractivity contribution in [2.45, 2.75) is 29.2 Å². The highest BCUT2D eigenvalue weighted by Gasteiger charge is 2.29. The van der Waals surface area contributed by atoms with E-state index >= 15 is 0 Å². The largest absolute Gasteiger partial charge is 0.376 e. The molecular weight excluding hydrogens is 916 g/mol. The number of nitrogens with zero attached hydrogens (tertiary/aromatic N) is 5. The zero-order valence-corrected chi connectivity index (χ0v) is 40.2. The van der Waals surface area contributed by atoms with E-state index < -0.39 is 36.7 Å². The van der Waals surface area contributed by atoms with Gasteiger partial charge in [0.2, 0.25) is 10.0 Å². The molecule has 7 rings (SSSR count). The lowest BCUT2D eigenvalue weighted by Gasteiger charge is -2.37. The Hall–Kier alpha value is -6.41. The van der Waals surface area contributed by atoms with Crippen molar-refractivity contribution in [1.29, 1.82) is 0 Å². The van der Waals surface area contributed by atoms with E-state index in [4.69, 9.17) is 0 Å². The maximum atomic E-state index is 14.0. The number of hydrogen-bond donors (Lipinski definition) is 3. The molecule has 0 saturated carbocycles. The van der Waals surface area contributed by atoms with Crippen LogP contribution in [0.5, 0.6) is 0 Å². The lowest BCUT2D eigenvalue weighted by molar-refractivity contribution is -0.384. The van der Waals surface area contributed by atoms with Gasteiger partial charge in [-0.1, -0.05) is 30.3 Å². The van der Waals surface area contributed by atoms with E-state index in [0.717, 1.165) is 35.1 Å². The summed E-state index contributed by atoms with van der Waals surface area (Å²) in [5, 5.41) is 15.6. The number of carbonyl (C=O) groups is 1. The third-order valence-electron chi connectivity index (χ3n) is 11.5. The van der Waals surface area contributed by atoms with Crippen molar-refractivity contribution in [3.8, 4) is 22.4 Å². The number of rotatable bonds is 18. The quantitative estimate of drug-likeness (QED) is 0.0430. The Bertz CT molecular complexity index is 2960. The molecule has 2 heterocycles. The van der Waals surface area contributed by atoms with Crippen LogP contribution in [-0.4, -0.2) is 102 Å². The van der Waals surface area contributed by atoms with E-state index in [1.807, 2.05) is 85.7 Å². The topological polar surface area (TPSA) is 179 Å². The minimum absolute atomic E-state index is 0.131. The van der Waals surface area contributed by atoms with E-state index in [9.17, 15) is 36.1 Å². The number of carbonyl (C=O) groups excluding carboxylic acids is 1. The third kappa shape index (κ3) is 12.0. The van der Waals surface area contributed by atoms with Crippen molar-refractivity contribution < 1.29 is 30.9 Å². The fraction of sp³-hybridized carbons (Fsp3) is 0.271. The van der Waals surface area contributed by atoms with Crippen LogP contribution >= 0.6 is 11.8 Å². The Balaban J connectivity index is 1.03. The SMILES string of the molecule is Cc1c(C(=O)NS(C)(=O)=O)c(-c2cccc(N3CCN(c4ccc(NS(=O)(=O)c5ccc(N[C@H](CCN(C)C)CSc6ccccc6)c([N+](=O)[O-])c5)cc4)CC3)c2)c(-c2ccc(F)cc2)n1C. The molecule has 0 aliphatic carbocycles. The summed E-state index contributed by atoms with van der Waals surface area (Å²) in [7, 11) is -2.37. The molecule has 1 aliphatic rings. The summed E-state index contributed by atoms with van der Waals surface area (Å²) < 4.78 is 72.1. The number of benzene rings is 5. The van der Waals surface area contributed by atoms with Crippen LogP contribution in [0.1, 0.15) is 22.5 Å². The molecule has 352 valence electrons. The van der Waals surface area contributed by atoms with Gasteiger partial charge in [0, 0.05) is 84.3 Å². The highest BCUT2D eigenvalue weighted by Crippen LogP contribution is 2.40. The van der Waals surface area contributed by atoms with E-state index in [1.165, 1.54) is 24.3 Å². The van der Waals surface area contributed by atoms with Gasteiger partial charge in [-0.05, 0) is 130 Å². The summed E-state index contributed by atoms with van der Waals surface area (Å²) >= 11 is 1.64. The fourth-order valence-corrected chi connectivity index (χ4v) is 10.6. The summed E-state index contributed by atoms with van der Waals surface area (Å²) in [5.41, 5.74) is 5.18. The number of anilines is 4. The molecule has 15 nitrogen and oxygen atoms in total. The highest BCUT2D eigenvalue weighted by molar-refractivity contribution is 7.99. The molecule has 1 atom stereocenters. The van der Waals surface area contributed by atoms with Gasteiger partial charge in [0.1, 0.15) is 11.5 Å². The molecule has 0 radical (unpaired) electrons. The Morgan fingerprint density at radius 2 is 1.49 bits per heavy atom. The van der Waals surface area contributed by atoms with Crippen molar-refractivity contribution in [3.63, 3.8) is 0 Å². The average Bonchev–Trinajstić information content (AvgIpc) is 3.56. The van der Waals surface area contributed by atoms with E-state index in [-0.39, 0.29) is 27.9 Å². The highest BCUT2D eigenvalue weighted by atomic mass is 32.2. The fourth-order valence-electron chi connectivity index (χ4n) is 8.06. The van der Waals surface area contributed by atoms with Gasteiger partial charge in [0.25, 0.3) is 21.6 Å². The van der Waals surface area contributed by atoms with Crippen molar-refractivity contribution in [2.24, 2.45) is 7.05 Å². The predicted molar refractivity (Wildman–Crippen MR) is 266 cm³/mol.